The van der Waals surface area contributed by atoms with E-state index in [0.717, 1.165) is 5.56 Å². The van der Waals surface area contributed by atoms with Crippen LogP contribution in [0.25, 0.3) is 0 Å². The monoisotopic (exact) mass is 235 g/mol. The Hall–Kier alpha value is -1.81. The van der Waals surface area contributed by atoms with Crippen LogP contribution >= 0.6 is 11.6 Å². The molecule has 1 heterocycles. The zero-order valence-electron chi connectivity index (χ0n) is 8.43. The van der Waals surface area contributed by atoms with Gasteiger partial charge in [-0.15, -0.1) is 0 Å². The van der Waals surface area contributed by atoms with E-state index in [1.807, 2.05) is 0 Å². The van der Waals surface area contributed by atoms with Gasteiger partial charge in [-0.25, -0.2) is 9.78 Å². The molecule has 0 radical (unpaired) electrons. The number of anilines is 1. The van der Waals surface area contributed by atoms with Gasteiger partial charge in [-0.05, 0) is 29.8 Å². The molecule has 1 aromatic heterocycles. The number of aromatic nitrogens is 2. The molecule has 0 bridgehead atoms. The van der Waals surface area contributed by atoms with Crippen LogP contribution in [0.4, 0.5) is 5.69 Å². The molecule has 2 aromatic rings. The number of benzene rings is 1. The molecule has 0 amide bonds. The van der Waals surface area contributed by atoms with Gasteiger partial charge in [0.2, 0.25) is 0 Å². The maximum absolute atomic E-state index is 11.4. The molecule has 0 fully saturated rings. The molecule has 2 rings (SSSR count). The summed E-state index contributed by atoms with van der Waals surface area (Å²) in [6.07, 6.45) is 3.12. The summed E-state index contributed by atoms with van der Waals surface area (Å²) in [5.41, 5.74) is 6.91. The average Bonchev–Trinajstić information content (AvgIpc) is 2.27. The van der Waals surface area contributed by atoms with E-state index in [2.05, 4.69) is 4.98 Å². The van der Waals surface area contributed by atoms with Crippen molar-refractivity contribution in [1.29, 1.82) is 0 Å². The highest BCUT2D eigenvalue weighted by molar-refractivity contribution is 6.30. The number of nitrogens with two attached hydrogens (primary N) is 1. The molecule has 82 valence electrons. The van der Waals surface area contributed by atoms with Crippen LogP contribution in [0.3, 0.4) is 0 Å². The summed E-state index contributed by atoms with van der Waals surface area (Å²) in [4.78, 5) is 15.1. The molecule has 16 heavy (non-hydrogen) atoms. The SMILES string of the molecule is Nc1ccc(Cl)cc1Cn1cccnc1=O. The van der Waals surface area contributed by atoms with Crippen molar-refractivity contribution in [1.82, 2.24) is 9.55 Å². The highest BCUT2D eigenvalue weighted by Crippen LogP contribution is 2.18. The van der Waals surface area contributed by atoms with Crippen LogP contribution < -0.4 is 11.4 Å². The lowest BCUT2D eigenvalue weighted by Crippen LogP contribution is -2.22. The van der Waals surface area contributed by atoms with Gasteiger partial charge in [0.1, 0.15) is 0 Å². The smallest absolute Gasteiger partial charge is 0.347 e. The third-order valence-electron chi connectivity index (χ3n) is 2.23. The second-order valence-electron chi connectivity index (χ2n) is 3.37. The molecule has 0 saturated carbocycles. The second-order valence-corrected chi connectivity index (χ2v) is 3.81. The molecule has 0 spiro atoms. The van der Waals surface area contributed by atoms with E-state index in [1.165, 1.54) is 10.8 Å². The molecule has 0 saturated heterocycles. The summed E-state index contributed by atoms with van der Waals surface area (Å²) in [7, 11) is 0. The Kier molecular flexibility index (Phi) is 2.92. The van der Waals surface area contributed by atoms with Crippen molar-refractivity contribution < 1.29 is 0 Å². The first-order valence-electron chi connectivity index (χ1n) is 4.72. The van der Waals surface area contributed by atoms with Crippen molar-refractivity contribution in [3.8, 4) is 0 Å². The lowest BCUT2D eigenvalue weighted by atomic mass is 10.2. The minimum Gasteiger partial charge on any atom is -0.398 e. The molecular weight excluding hydrogens is 226 g/mol. The largest absolute Gasteiger partial charge is 0.398 e. The number of halogens is 1. The fraction of sp³-hybridized carbons (Fsp3) is 0.0909. The number of nitrogens with zero attached hydrogens (tertiary/aromatic N) is 2. The molecule has 0 aliphatic rings. The Morgan fingerprint density at radius 1 is 1.44 bits per heavy atom. The van der Waals surface area contributed by atoms with E-state index in [9.17, 15) is 4.79 Å². The van der Waals surface area contributed by atoms with Crippen molar-refractivity contribution in [2.75, 3.05) is 5.73 Å². The summed E-state index contributed by atoms with van der Waals surface area (Å²) in [6, 6.07) is 6.88. The predicted molar refractivity (Wildman–Crippen MR) is 63.5 cm³/mol. The molecular formula is C11H10ClN3O. The van der Waals surface area contributed by atoms with Gasteiger partial charge in [0, 0.05) is 23.1 Å². The van der Waals surface area contributed by atoms with Crippen LogP contribution in [0.15, 0.2) is 41.5 Å². The van der Waals surface area contributed by atoms with E-state index in [1.54, 1.807) is 30.5 Å². The third-order valence-corrected chi connectivity index (χ3v) is 2.46. The van der Waals surface area contributed by atoms with Crippen LogP contribution in [0.5, 0.6) is 0 Å². The summed E-state index contributed by atoms with van der Waals surface area (Å²) in [5.74, 6) is 0. The molecule has 0 unspecified atom stereocenters. The van der Waals surface area contributed by atoms with Crippen molar-refractivity contribution in [3.05, 3.63) is 57.7 Å². The van der Waals surface area contributed by atoms with Gasteiger partial charge >= 0.3 is 5.69 Å². The average molecular weight is 236 g/mol. The highest BCUT2D eigenvalue weighted by Gasteiger charge is 2.02. The number of nitrogen functional groups attached to an aromatic ring is 1. The summed E-state index contributed by atoms with van der Waals surface area (Å²) < 4.78 is 1.47. The summed E-state index contributed by atoms with van der Waals surface area (Å²) in [5, 5.41) is 0.598. The number of hydrogen-bond donors (Lipinski definition) is 1. The Morgan fingerprint density at radius 2 is 2.25 bits per heavy atom. The lowest BCUT2D eigenvalue weighted by molar-refractivity contribution is 0.728. The standard InChI is InChI=1S/C11H10ClN3O/c12-9-2-3-10(13)8(6-9)7-15-5-1-4-14-11(15)16/h1-6H,7,13H2. The minimum atomic E-state index is -0.304. The van der Waals surface area contributed by atoms with Gasteiger partial charge in [-0.2, -0.15) is 0 Å². The maximum Gasteiger partial charge on any atom is 0.347 e. The zero-order chi connectivity index (χ0) is 11.5. The molecule has 2 N–H and O–H groups in total. The molecule has 0 aliphatic carbocycles. The zero-order valence-corrected chi connectivity index (χ0v) is 9.19. The Labute approximate surface area is 97.3 Å². The molecule has 0 atom stereocenters. The Balaban J connectivity index is 2.38. The molecule has 5 heteroatoms. The first-order chi connectivity index (χ1) is 7.66. The lowest BCUT2D eigenvalue weighted by Gasteiger charge is -2.07. The van der Waals surface area contributed by atoms with Crippen LogP contribution in [0, 0.1) is 0 Å². The van der Waals surface area contributed by atoms with Gasteiger partial charge in [0.15, 0.2) is 0 Å². The topological polar surface area (TPSA) is 60.9 Å². The van der Waals surface area contributed by atoms with Crippen LogP contribution in [-0.2, 0) is 6.54 Å². The number of hydrogen-bond acceptors (Lipinski definition) is 3. The molecule has 4 nitrogen and oxygen atoms in total. The quantitative estimate of drug-likeness (QED) is 0.803. The van der Waals surface area contributed by atoms with E-state index < -0.39 is 0 Å². The van der Waals surface area contributed by atoms with Gasteiger partial charge in [-0.1, -0.05) is 11.6 Å². The number of rotatable bonds is 2. The first-order valence-corrected chi connectivity index (χ1v) is 5.10. The fourth-order valence-electron chi connectivity index (χ4n) is 1.40. The van der Waals surface area contributed by atoms with Gasteiger partial charge in [0.05, 0.1) is 6.54 Å². The van der Waals surface area contributed by atoms with Gasteiger partial charge < -0.3 is 5.73 Å². The summed E-state index contributed by atoms with van der Waals surface area (Å²) in [6.45, 7) is 0.374. The van der Waals surface area contributed by atoms with E-state index >= 15 is 0 Å². The highest BCUT2D eigenvalue weighted by atomic mass is 35.5. The first kappa shape index (κ1) is 10.7. The van der Waals surface area contributed by atoms with Crippen molar-refractivity contribution in [3.63, 3.8) is 0 Å². The molecule has 0 aliphatic heterocycles. The Bertz CT molecular complexity index is 565. The van der Waals surface area contributed by atoms with Crippen molar-refractivity contribution >= 4 is 17.3 Å². The van der Waals surface area contributed by atoms with E-state index in [4.69, 9.17) is 17.3 Å². The maximum atomic E-state index is 11.4. The van der Waals surface area contributed by atoms with Crippen LogP contribution in [0.1, 0.15) is 5.56 Å². The predicted octanol–water partition coefficient (Wildman–Crippen LogP) is 1.53. The second kappa shape index (κ2) is 4.37. The van der Waals surface area contributed by atoms with Crippen LogP contribution in [-0.4, -0.2) is 9.55 Å². The Morgan fingerprint density at radius 3 is 3.00 bits per heavy atom. The molecule has 1 aromatic carbocycles. The van der Waals surface area contributed by atoms with E-state index in [0.29, 0.717) is 17.3 Å². The normalized spacial score (nSPS) is 10.3. The van der Waals surface area contributed by atoms with E-state index in [-0.39, 0.29) is 5.69 Å². The summed E-state index contributed by atoms with van der Waals surface area (Å²) >= 11 is 5.86. The minimum absolute atomic E-state index is 0.304. The van der Waals surface area contributed by atoms with Gasteiger partial charge in [0.25, 0.3) is 0 Å². The van der Waals surface area contributed by atoms with Crippen LogP contribution in [0.2, 0.25) is 5.02 Å². The van der Waals surface area contributed by atoms with Crippen molar-refractivity contribution in [2.24, 2.45) is 0 Å². The van der Waals surface area contributed by atoms with Gasteiger partial charge in [-0.3, -0.25) is 4.57 Å². The van der Waals surface area contributed by atoms with Crippen molar-refractivity contribution in [2.45, 2.75) is 6.54 Å². The third kappa shape index (κ3) is 2.23. The fourth-order valence-corrected chi connectivity index (χ4v) is 1.60.